The highest BCUT2D eigenvalue weighted by molar-refractivity contribution is 5.41. The average Bonchev–Trinajstić information content (AvgIpc) is 2.43. The molecule has 0 aliphatic carbocycles. The van der Waals surface area contributed by atoms with Gasteiger partial charge in [0.1, 0.15) is 11.6 Å². The molecule has 4 heteroatoms. The Morgan fingerprint density at radius 1 is 1.11 bits per heavy atom. The third-order valence-electron chi connectivity index (χ3n) is 2.61. The zero-order chi connectivity index (χ0) is 13.5. The van der Waals surface area contributed by atoms with Crippen LogP contribution in [-0.4, -0.2) is 6.61 Å². The summed E-state index contributed by atoms with van der Waals surface area (Å²) in [7, 11) is 0. The number of halogens is 1. The Hall–Kier alpha value is -2.07. The molecule has 2 rings (SSSR count). The molecule has 0 saturated carbocycles. The summed E-state index contributed by atoms with van der Waals surface area (Å²) in [6.07, 6.45) is 0. The van der Waals surface area contributed by atoms with Crippen molar-refractivity contribution >= 4 is 5.69 Å². The summed E-state index contributed by atoms with van der Waals surface area (Å²) in [6.45, 7) is 2.94. The van der Waals surface area contributed by atoms with Crippen LogP contribution in [0.15, 0.2) is 48.5 Å². The molecule has 0 spiro atoms. The SMILES string of the molecule is CCOc1ccc(F)cc1CNNc1ccccc1. The number of rotatable bonds is 6. The molecule has 2 aromatic rings. The Balaban J connectivity index is 1.96. The fraction of sp³-hybridized carbons (Fsp3) is 0.200. The lowest BCUT2D eigenvalue weighted by molar-refractivity contribution is 0.335. The Bertz CT molecular complexity index is 517. The molecule has 0 radical (unpaired) electrons. The first-order valence-electron chi connectivity index (χ1n) is 6.24. The van der Waals surface area contributed by atoms with Crippen LogP contribution >= 0.6 is 0 Å². The van der Waals surface area contributed by atoms with Crippen LogP contribution in [0.3, 0.4) is 0 Å². The summed E-state index contributed by atoms with van der Waals surface area (Å²) in [6, 6.07) is 14.3. The van der Waals surface area contributed by atoms with E-state index in [-0.39, 0.29) is 5.82 Å². The molecule has 0 atom stereocenters. The van der Waals surface area contributed by atoms with Crippen molar-refractivity contribution in [2.75, 3.05) is 12.0 Å². The van der Waals surface area contributed by atoms with Gasteiger partial charge in [0.2, 0.25) is 0 Å². The number of hydrazine groups is 1. The van der Waals surface area contributed by atoms with E-state index >= 15 is 0 Å². The minimum Gasteiger partial charge on any atom is -0.494 e. The van der Waals surface area contributed by atoms with E-state index in [0.717, 1.165) is 11.3 Å². The van der Waals surface area contributed by atoms with E-state index in [1.165, 1.54) is 12.1 Å². The number of hydrogen-bond acceptors (Lipinski definition) is 3. The Labute approximate surface area is 112 Å². The first-order chi connectivity index (χ1) is 9.29. The number of nitrogens with one attached hydrogen (secondary N) is 2. The summed E-state index contributed by atoms with van der Waals surface area (Å²) in [4.78, 5) is 0. The predicted molar refractivity (Wildman–Crippen MR) is 74.5 cm³/mol. The smallest absolute Gasteiger partial charge is 0.124 e. The molecule has 0 aliphatic heterocycles. The van der Waals surface area contributed by atoms with Crippen molar-refractivity contribution < 1.29 is 9.13 Å². The van der Waals surface area contributed by atoms with Crippen molar-refractivity contribution in [1.29, 1.82) is 0 Å². The van der Waals surface area contributed by atoms with Crippen LogP contribution in [-0.2, 0) is 6.54 Å². The molecule has 100 valence electrons. The summed E-state index contributed by atoms with van der Waals surface area (Å²) in [5, 5.41) is 0. The van der Waals surface area contributed by atoms with Crippen molar-refractivity contribution in [3.63, 3.8) is 0 Å². The van der Waals surface area contributed by atoms with Gasteiger partial charge >= 0.3 is 0 Å². The van der Waals surface area contributed by atoms with Crippen LogP contribution in [0.4, 0.5) is 10.1 Å². The van der Waals surface area contributed by atoms with E-state index in [0.29, 0.717) is 18.9 Å². The lowest BCUT2D eigenvalue weighted by atomic mass is 10.2. The quantitative estimate of drug-likeness (QED) is 0.781. The van der Waals surface area contributed by atoms with E-state index in [2.05, 4.69) is 10.9 Å². The van der Waals surface area contributed by atoms with E-state index < -0.39 is 0 Å². The Kier molecular flexibility index (Phi) is 4.75. The molecule has 0 bridgehead atoms. The number of benzene rings is 2. The normalized spacial score (nSPS) is 10.2. The topological polar surface area (TPSA) is 33.3 Å². The van der Waals surface area contributed by atoms with Crippen molar-refractivity contribution in [2.24, 2.45) is 0 Å². The molecule has 0 saturated heterocycles. The van der Waals surface area contributed by atoms with Crippen molar-refractivity contribution in [1.82, 2.24) is 5.43 Å². The average molecular weight is 260 g/mol. The van der Waals surface area contributed by atoms with Crippen molar-refractivity contribution in [2.45, 2.75) is 13.5 Å². The molecule has 19 heavy (non-hydrogen) atoms. The van der Waals surface area contributed by atoms with Gasteiger partial charge in [0, 0.05) is 17.8 Å². The van der Waals surface area contributed by atoms with Crippen LogP contribution < -0.4 is 15.6 Å². The fourth-order valence-electron chi connectivity index (χ4n) is 1.75. The highest BCUT2D eigenvalue weighted by Gasteiger charge is 2.04. The molecule has 0 aromatic heterocycles. The van der Waals surface area contributed by atoms with Gasteiger partial charge in [0.15, 0.2) is 0 Å². The Morgan fingerprint density at radius 2 is 1.89 bits per heavy atom. The van der Waals surface area contributed by atoms with Crippen molar-refractivity contribution in [3.8, 4) is 5.75 Å². The standard InChI is InChI=1S/C15H17FN2O/c1-2-19-15-9-8-13(16)10-12(15)11-17-18-14-6-4-3-5-7-14/h3-10,17-18H,2,11H2,1H3. The van der Waals surface area contributed by atoms with Gasteiger partial charge in [-0.1, -0.05) is 18.2 Å². The van der Waals surface area contributed by atoms with Gasteiger partial charge in [-0.15, -0.1) is 0 Å². The monoisotopic (exact) mass is 260 g/mol. The predicted octanol–water partition coefficient (Wildman–Crippen LogP) is 3.34. The largest absolute Gasteiger partial charge is 0.494 e. The minimum atomic E-state index is -0.264. The van der Waals surface area contributed by atoms with Gasteiger partial charge in [0.05, 0.1) is 6.61 Å². The fourth-order valence-corrected chi connectivity index (χ4v) is 1.75. The van der Waals surface area contributed by atoms with Crippen LogP contribution in [0.1, 0.15) is 12.5 Å². The molecule has 3 nitrogen and oxygen atoms in total. The molecule has 0 fully saturated rings. The lowest BCUT2D eigenvalue weighted by Gasteiger charge is -2.12. The van der Waals surface area contributed by atoms with Crippen molar-refractivity contribution in [3.05, 3.63) is 59.9 Å². The third-order valence-corrected chi connectivity index (χ3v) is 2.61. The van der Waals surface area contributed by atoms with E-state index in [4.69, 9.17) is 4.74 Å². The second kappa shape index (κ2) is 6.75. The van der Waals surface area contributed by atoms with Crippen LogP contribution in [0.5, 0.6) is 5.75 Å². The molecule has 0 heterocycles. The minimum absolute atomic E-state index is 0.264. The number of hydrogen-bond donors (Lipinski definition) is 2. The van der Waals surface area contributed by atoms with Gasteiger partial charge < -0.3 is 10.2 Å². The summed E-state index contributed by atoms with van der Waals surface area (Å²) >= 11 is 0. The molecule has 0 aliphatic rings. The summed E-state index contributed by atoms with van der Waals surface area (Å²) < 4.78 is 18.7. The zero-order valence-corrected chi connectivity index (χ0v) is 10.8. The third kappa shape index (κ3) is 3.96. The summed E-state index contributed by atoms with van der Waals surface area (Å²) in [5.41, 5.74) is 7.84. The highest BCUT2D eigenvalue weighted by Crippen LogP contribution is 2.19. The molecule has 2 N–H and O–H groups in total. The van der Waals surface area contributed by atoms with Gasteiger partial charge in [-0.25, -0.2) is 9.82 Å². The second-order valence-electron chi connectivity index (χ2n) is 4.03. The lowest BCUT2D eigenvalue weighted by Crippen LogP contribution is -2.21. The van der Waals surface area contributed by atoms with Gasteiger partial charge in [-0.05, 0) is 37.3 Å². The van der Waals surface area contributed by atoms with E-state index in [9.17, 15) is 4.39 Å². The van der Waals surface area contributed by atoms with Crippen LogP contribution in [0.25, 0.3) is 0 Å². The van der Waals surface area contributed by atoms with Gasteiger partial charge in [-0.3, -0.25) is 0 Å². The molecule has 0 amide bonds. The number of ether oxygens (including phenoxy) is 1. The Morgan fingerprint density at radius 3 is 2.63 bits per heavy atom. The maximum Gasteiger partial charge on any atom is 0.124 e. The molecule has 2 aromatic carbocycles. The maximum atomic E-state index is 13.2. The van der Waals surface area contributed by atoms with Crippen LogP contribution in [0, 0.1) is 5.82 Å². The van der Waals surface area contributed by atoms with E-state index in [1.807, 2.05) is 37.3 Å². The highest BCUT2D eigenvalue weighted by atomic mass is 19.1. The molecular formula is C15H17FN2O. The van der Waals surface area contributed by atoms with Crippen LogP contribution in [0.2, 0.25) is 0 Å². The second-order valence-corrected chi connectivity index (χ2v) is 4.03. The first kappa shape index (κ1) is 13.4. The molecule has 0 unspecified atom stereocenters. The van der Waals surface area contributed by atoms with E-state index in [1.54, 1.807) is 6.07 Å². The number of anilines is 1. The first-order valence-corrected chi connectivity index (χ1v) is 6.24. The van der Waals surface area contributed by atoms with Gasteiger partial charge in [-0.2, -0.15) is 0 Å². The summed E-state index contributed by atoms with van der Waals surface area (Å²) in [5.74, 6) is 0.436. The maximum absolute atomic E-state index is 13.2. The number of para-hydroxylation sites is 1. The molecular weight excluding hydrogens is 243 g/mol. The van der Waals surface area contributed by atoms with Gasteiger partial charge in [0.25, 0.3) is 0 Å². The zero-order valence-electron chi connectivity index (χ0n) is 10.8.